The smallest absolute Gasteiger partial charge is 0.266 e. The Morgan fingerprint density at radius 2 is 1.65 bits per heavy atom. The average Bonchev–Trinajstić information content (AvgIpc) is 2.79. The summed E-state index contributed by atoms with van der Waals surface area (Å²) in [6.07, 6.45) is 0. The second kappa shape index (κ2) is 9.18. The minimum Gasteiger partial charge on any atom is -0.325 e. The molecule has 0 bridgehead atoms. The molecular formula is C25H23N3O2S. The molecule has 0 saturated heterocycles. The van der Waals surface area contributed by atoms with Crippen LogP contribution in [0.2, 0.25) is 0 Å². The van der Waals surface area contributed by atoms with Crippen molar-refractivity contribution in [2.75, 3.05) is 11.1 Å². The highest BCUT2D eigenvalue weighted by Gasteiger charge is 2.14. The maximum Gasteiger partial charge on any atom is 0.266 e. The van der Waals surface area contributed by atoms with Crippen molar-refractivity contribution < 1.29 is 4.79 Å². The van der Waals surface area contributed by atoms with Crippen LogP contribution in [0.25, 0.3) is 16.6 Å². The topological polar surface area (TPSA) is 64.0 Å². The highest BCUT2D eigenvalue weighted by atomic mass is 32.2. The maximum absolute atomic E-state index is 13.2. The predicted octanol–water partition coefficient (Wildman–Crippen LogP) is 5.24. The number of anilines is 1. The van der Waals surface area contributed by atoms with Gasteiger partial charge in [0.05, 0.1) is 22.3 Å². The van der Waals surface area contributed by atoms with Gasteiger partial charge in [0.25, 0.3) is 5.56 Å². The molecule has 6 heteroatoms. The van der Waals surface area contributed by atoms with Crippen molar-refractivity contribution in [3.63, 3.8) is 0 Å². The number of thioether (sulfide) groups is 1. The molecule has 156 valence electrons. The fourth-order valence-corrected chi connectivity index (χ4v) is 4.11. The first-order valence-corrected chi connectivity index (χ1v) is 11.1. The van der Waals surface area contributed by atoms with Crippen molar-refractivity contribution in [3.05, 3.63) is 94.8 Å². The molecule has 1 N–H and O–H groups in total. The standard InChI is InChI=1S/C25H23N3O2S/c1-17(2)18-12-14-19(15-13-18)26-23(29)16-31-25-27-22-11-7-6-10-21(22)24(30)28(25)20-8-4-3-5-9-20/h3-15,17H,16H2,1-2H3,(H,26,29). The van der Waals surface area contributed by atoms with E-state index >= 15 is 0 Å². The molecule has 0 aliphatic carbocycles. The molecule has 3 aromatic carbocycles. The maximum atomic E-state index is 13.2. The number of nitrogens with one attached hydrogen (secondary N) is 1. The first-order chi connectivity index (χ1) is 15.0. The van der Waals surface area contributed by atoms with Crippen molar-refractivity contribution >= 4 is 34.3 Å². The lowest BCUT2D eigenvalue weighted by Crippen LogP contribution is -2.22. The summed E-state index contributed by atoms with van der Waals surface area (Å²) in [5, 5.41) is 3.95. The third kappa shape index (κ3) is 4.70. The van der Waals surface area contributed by atoms with Gasteiger partial charge in [-0.2, -0.15) is 0 Å². The lowest BCUT2D eigenvalue weighted by atomic mass is 10.0. The number of carbonyl (C=O) groups excluding carboxylic acids is 1. The van der Waals surface area contributed by atoms with Gasteiger partial charge in [0.2, 0.25) is 5.91 Å². The Morgan fingerprint density at radius 3 is 2.35 bits per heavy atom. The van der Waals surface area contributed by atoms with Crippen LogP contribution in [0.5, 0.6) is 0 Å². The van der Waals surface area contributed by atoms with Crippen LogP contribution in [0.1, 0.15) is 25.3 Å². The number of aromatic nitrogens is 2. The van der Waals surface area contributed by atoms with Crippen LogP contribution in [-0.4, -0.2) is 21.2 Å². The van der Waals surface area contributed by atoms with Crippen molar-refractivity contribution in [3.8, 4) is 5.69 Å². The van der Waals surface area contributed by atoms with Gasteiger partial charge in [0, 0.05) is 5.69 Å². The largest absolute Gasteiger partial charge is 0.325 e. The Bertz CT molecular complexity index is 1270. The lowest BCUT2D eigenvalue weighted by molar-refractivity contribution is -0.113. The second-order valence-corrected chi connectivity index (χ2v) is 8.44. The lowest BCUT2D eigenvalue weighted by Gasteiger charge is -2.13. The van der Waals surface area contributed by atoms with E-state index in [9.17, 15) is 9.59 Å². The number of amides is 1. The van der Waals surface area contributed by atoms with Gasteiger partial charge in [-0.25, -0.2) is 4.98 Å². The summed E-state index contributed by atoms with van der Waals surface area (Å²) >= 11 is 1.25. The Labute approximate surface area is 185 Å². The van der Waals surface area contributed by atoms with Gasteiger partial charge in [-0.1, -0.05) is 68.1 Å². The molecule has 4 aromatic rings. The first-order valence-electron chi connectivity index (χ1n) is 10.1. The van der Waals surface area contributed by atoms with Gasteiger partial charge < -0.3 is 5.32 Å². The molecule has 0 spiro atoms. The molecule has 0 radical (unpaired) electrons. The Hall–Kier alpha value is -3.38. The number of hydrogen-bond acceptors (Lipinski definition) is 4. The molecule has 1 aromatic heterocycles. The minimum atomic E-state index is -0.149. The summed E-state index contributed by atoms with van der Waals surface area (Å²) in [4.78, 5) is 30.4. The quantitative estimate of drug-likeness (QED) is 0.336. The van der Waals surface area contributed by atoms with E-state index in [0.717, 1.165) is 11.4 Å². The Balaban J connectivity index is 1.59. The van der Waals surface area contributed by atoms with E-state index < -0.39 is 0 Å². The summed E-state index contributed by atoms with van der Waals surface area (Å²) in [7, 11) is 0. The Morgan fingerprint density at radius 1 is 0.968 bits per heavy atom. The minimum absolute atomic E-state index is 0.142. The molecule has 31 heavy (non-hydrogen) atoms. The monoisotopic (exact) mass is 429 g/mol. The normalized spacial score (nSPS) is 11.1. The van der Waals surface area contributed by atoms with Crippen molar-refractivity contribution in [2.45, 2.75) is 24.9 Å². The van der Waals surface area contributed by atoms with Gasteiger partial charge in [0.1, 0.15) is 0 Å². The zero-order chi connectivity index (χ0) is 21.8. The van der Waals surface area contributed by atoms with Crippen LogP contribution in [-0.2, 0) is 4.79 Å². The van der Waals surface area contributed by atoms with E-state index in [1.165, 1.54) is 17.3 Å². The van der Waals surface area contributed by atoms with E-state index in [0.29, 0.717) is 22.0 Å². The van der Waals surface area contributed by atoms with Gasteiger partial charge in [-0.15, -0.1) is 0 Å². The van der Waals surface area contributed by atoms with E-state index in [1.807, 2.05) is 72.8 Å². The van der Waals surface area contributed by atoms with Crippen molar-refractivity contribution in [1.82, 2.24) is 9.55 Å². The second-order valence-electron chi connectivity index (χ2n) is 7.50. The van der Waals surface area contributed by atoms with Gasteiger partial charge in [0.15, 0.2) is 5.16 Å². The highest BCUT2D eigenvalue weighted by Crippen LogP contribution is 2.22. The number of benzene rings is 3. The zero-order valence-electron chi connectivity index (χ0n) is 17.4. The Kier molecular flexibility index (Phi) is 6.18. The summed E-state index contributed by atoms with van der Waals surface area (Å²) in [5.74, 6) is 0.433. The van der Waals surface area contributed by atoms with E-state index in [-0.39, 0.29) is 17.2 Å². The predicted molar refractivity (Wildman–Crippen MR) is 127 cm³/mol. The summed E-state index contributed by atoms with van der Waals surface area (Å²) in [6.45, 7) is 4.26. The number of hydrogen-bond donors (Lipinski definition) is 1. The van der Waals surface area contributed by atoms with Gasteiger partial charge in [-0.05, 0) is 47.9 Å². The number of para-hydroxylation sites is 2. The summed E-state index contributed by atoms with van der Waals surface area (Å²) < 4.78 is 1.57. The molecule has 0 fully saturated rings. The van der Waals surface area contributed by atoms with Crippen LogP contribution < -0.4 is 10.9 Å². The molecule has 1 amide bonds. The van der Waals surface area contributed by atoms with Gasteiger partial charge in [-0.3, -0.25) is 14.2 Å². The van der Waals surface area contributed by atoms with Gasteiger partial charge >= 0.3 is 0 Å². The molecule has 0 aliphatic rings. The van der Waals surface area contributed by atoms with E-state index in [2.05, 4.69) is 24.1 Å². The summed E-state index contributed by atoms with van der Waals surface area (Å²) in [5.41, 5.74) is 3.16. The van der Waals surface area contributed by atoms with E-state index in [1.54, 1.807) is 10.6 Å². The molecule has 4 rings (SSSR count). The van der Waals surface area contributed by atoms with Crippen molar-refractivity contribution in [1.29, 1.82) is 0 Å². The molecule has 0 unspecified atom stereocenters. The number of rotatable bonds is 6. The molecule has 1 heterocycles. The SMILES string of the molecule is CC(C)c1ccc(NC(=O)CSc2nc3ccccc3c(=O)n2-c2ccccc2)cc1. The molecule has 5 nitrogen and oxygen atoms in total. The number of fused-ring (bicyclic) bond motifs is 1. The molecule has 0 atom stereocenters. The number of nitrogens with zero attached hydrogens (tertiary/aromatic N) is 2. The third-order valence-electron chi connectivity index (χ3n) is 4.95. The average molecular weight is 430 g/mol. The van der Waals surface area contributed by atoms with Crippen LogP contribution in [0, 0.1) is 0 Å². The van der Waals surface area contributed by atoms with Crippen LogP contribution in [0.3, 0.4) is 0 Å². The van der Waals surface area contributed by atoms with Crippen LogP contribution in [0.15, 0.2) is 88.8 Å². The zero-order valence-corrected chi connectivity index (χ0v) is 18.2. The fourth-order valence-electron chi connectivity index (χ4n) is 3.29. The van der Waals surface area contributed by atoms with Crippen LogP contribution in [0.4, 0.5) is 5.69 Å². The molecule has 0 aliphatic heterocycles. The molecule has 0 saturated carbocycles. The first kappa shape index (κ1) is 20.9. The number of carbonyl (C=O) groups is 1. The fraction of sp³-hybridized carbons (Fsp3) is 0.160. The summed E-state index contributed by atoms with van der Waals surface area (Å²) in [6, 6.07) is 24.5. The molecular weight excluding hydrogens is 406 g/mol. The van der Waals surface area contributed by atoms with Crippen molar-refractivity contribution in [2.24, 2.45) is 0 Å². The third-order valence-corrected chi connectivity index (χ3v) is 5.89. The van der Waals surface area contributed by atoms with Crippen LogP contribution >= 0.6 is 11.8 Å². The highest BCUT2D eigenvalue weighted by molar-refractivity contribution is 7.99. The van der Waals surface area contributed by atoms with E-state index in [4.69, 9.17) is 0 Å².